The highest BCUT2D eigenvalue weighted by molar-refractivity contribution is 5.98. The maximum atomic E-state index is 13.2. The minimum atomic E-state index is -0.231. The molecule has 0 saturated carbocycles. The molecule has 2 aliphatic heterocycles. The van der Waals surface area contributed by atoms with Crippen molar-refractivity contribution in [3.05, 3.63) is 65.7 Å². The second-order valence-corrected chi connectivity index (χ2v) is 5.37. The topological polar surface area (TPSA) is 30.2 Å². The normalized spacial score (nSPS) is 12.0. The Kier molecular flexibility index (Phi) is 4.00. The minimum absolute atomic E-state index is 0.231. The molecule has 112 valence electrons. The van der Waals surface area contributed by atoms with Crippen LogP contribution >= 0.6 is 0 Å². The van der Waals surface area contributed by atoms with Crippen LogP contribution in [0.3, 0.4) is 0 Å². The zero-order valence-electron chi connectivity index (χ0n) is 12.8. The molecule has 0 bridgehead atoms. The lowest BCUT2D eigenvalue weighted by Crippen LogP contribution is -2.00. The molecule has 0 radical (unpaired) electrons. The van der Waals surface area contributed by atoms with E-state index in [-0.39, 0.29) is 5.82 Å². The molecule has 2 aliphatic rings. The number of rotatable bonds is 4. The van der Waals surface area contributed by atoms with Crippen molar-refractivity contribution in [3.63, 3.8) is 0 Å². The van der Waals surface area contributed by atoms with Crippen LogP contribution in [0, 0.1) is 5.82 Å². The molecule has 1 aromatic carbocycles. The number of hydrogen-bond donors (Lipinski definition) is 0. The SMILES string of the molecule is C/C(=N\CCc1cnc2n(C)cccc1-2)c1cccc(F)c1. The van der Waals surface area contributed by atoms with Gasteiger partial charge in [-0.05, 0) is 48.7 Å². The van der Waals surface area contributed by atoms with E-state index in [0.717, 1.165) is 23.5 Å². The van der Waals surface area contributed by atoms with Crippen LogP contribution in [0.1, 0.15) is 18.1 Å². The fourth-order valence-electron chi connectivity index (χ4n) is 2.57. The van der Waals surface area contributed by atoms with Gasteiger partial charge in [-0.3, -0.25) is 4.99 Å². The van der Waals surface area contributed by atoms with Crippen LogP contribution in [0.2, 0.25) is 0 Å². The standard InChI is InChI=1S/C18H18FN3/c1-13(14-5-3-6-16(19)11-14)20-9-8-15-12-21-18-17(15)7-4-10-22(18)2/h3-7,10-12H,8-9H2,1-2H3/b20-13+. The third-order valence-corrected chi connectivity index (χ3v) is 3.81. The molecule has 0 spiro atoms. The van der Waals surface area contributed by atoms with Crippen LogP contribution in [0.25, 0.3) is 11.4 Å². The summed E-state index contributed by atoms with van der Waals surface area (Å²) in [6.07, 6.45) is 4.73. The molecule has 0 N–H and O–H groups in total. The first-order valence-electron chi connectivity index (χ1n) is 7.31. The summed E-state index contributed by atoms with van der Waals surface area (Å²) < 4.78 is 15.2. The van der Waals surface area contributed by atoms with Gasteiger partial charge in [-0.2, -0.15) is 0 Å². The van der Waals surface area contributed by atoms with Gasteiger partial charge in [0.1, 0.15) is 11.6 Å². The molecule has 22 heavy (non-hydrogen) atoms. The van der Waals surface area contributed by atoms with Crippen molar-refractivity contribution >= 4 is 5.71 Å². The van der Waals surface area contributed by atoms with Crippen LogP contribution < -0.4 is 0 Å². The molecule has 0 aliphatic carbocycles. The van der Waals surface area contributed by atoms with Gasteiger partial charge < -0.3 is 4.57 Å². The Hall–Kier alpha value is -2.49. The zero-order chi connectivity index (χ0) is 15.5. The highest BCUT2D eigenvalue weighted by atomic mass is 19.1. The van der Waals surface area contributed by atoms with Gasteiger partial charge in [0.2, 0.25) is 0 Å². The maximum absolute atomic E-state index is 13.2. The molecular weight excluding hydrogens is 277 g/mol. The molecule has 4 heteroatoms. The lowest BCUT2D eigenvalue weighted by Gasteiger charge is -2.06. The summed E-state index contributed by atoms with van der Waals surface area (Å²) in [4.78, 5) is 9.01. The van der Waals surface area contributed by atoms with Crippen molar-refractivity contribution in [2.45, 2.75) is 13.3 Å². The van der Waals surface area contributed by atoms with Crippen LogP contribution in [-0.2, 0) is 13.5 Å². The van der Waals surface area contributed by atoms with E-state index in [1.165, 1.54) is 23.3 Å². The first kappa shape index (κ1) is 14.4. The van der Waals surface area contributed by atoms with E-state index in [1.54, 1.807) is 6.07 Å². The summed E-state index contributed by atoms with van der Waals surface area (Å²) in [7, 11) is 1.99. The number of pyridine rings is 1. The summed E-state index contributed by atoms with van der Waals surface area (Å²) in [6.45, 7) is 2.58. The smallest absolute Gasteiger partial charge is 0.139 e. The number of nitrogens with zero attached hydrogens (tertiary/aromatic N) is 3. The Labute approximate surface area is 129 Å². The maximum Gasteiger partial charge on any atom is 0.139 e. The second kappa shape index (κ2) is 6.10. The van der Waals surface area contributed by atoms with Crippen molar-refractivity contribution in [1.29, 1.82) is 0 Å². The summed E-state index contributed by atoms with van der Waals surface area (Å²) in [5.74, 6) is 0.758. The minimum Gasteiger partial charge on any atom is -0.336 e. The van der Waals surface area contributed by atoms with Gasteiger partial charge in [0.15, 0.2) is 0 Å². The Bertz CT molecular complexity index is 789. The lowest BCUT2D eigenvalue weighted by molar-refractivity contribution is 0.627. The first-order valence-corrected chi connectivity index (χ1v) is 7.31. The van der Waals surface area contributed by atoms with Gasteiger partial charge >= 0.3 is 0 Å². The van der Waals surface area contributed by atoms with Gasteiger partial charge in [0.05, 0.1) is 0 Å². The highest BCUT2D eigenvalue weighted by Gasteiger charge is 2.11. The fraction of sp³-hybridized carbons (Fsp3) is 0.222. The Morgan fingerprint density at radius 2 is 2.14 bits per heavy atom. The van der Waals surface area contributed by atoms with Gasteiger partial charge in [-0.1, -0.05) is 12.1 Å². The molecule has 0 unspecified atom stereocenters. The third-order valence-electron chi connectivity index (χ3n) is 3.81. The van der Waals surface area contributed by atoms with E-state index < -0.39 is 0 Å². The average Bonchev–Trinajstić information content (AvgIpc) is 2.92. The second-order valence-electron chi connectivity index (χ2n) is 5.37. The highest BCUT2D eigenvalue weighted by Crippen LogP contribution is 2.24. The van der Waals surface area contributed by atoms with Crippen molar-refractivity contribution in [2.75, 3.05) is 6.54 Å². The van der Waals surface area contributed by atoms with Crippen LogP contribution in [0.5, 0.6) is 0 Å². The number of halogens is 1. The average molecular weight is 295 g/mol. The monoisotopic (exact) mass is 295 g/mol. The molecule has 0 saturated heterocycles. The van der Waals surface area contributed by atoms with Gasteiger partial charge in [-0.25, -0.2) is 9.37 Å². The number of benzene rings is 1. The number of hydrogen-bond acceptors (Lipinski definition) is 2. The van der Waals surface area contributed by atoms with Crippen LogP contribution in [-0.4, -0.2) is 21.8 Å². The molecular formula is C18H18FN3. The zero-order valence-corrected chi connectivity index (χ0v) is 12.8. The van der Waals surface area contributed by atoms with E-state index in [0.29, 0.717) is 6.54 Å². The molecule has 3 rings (SSSR count). The first-order chi connectivity index (χ1) is 10.6. The number of aryl methyl sites for hydroxylation is 1. The predicted molar refractivity (Wildman–Crippen MR) is 87.0 cm³/mol. The van der Waals surface area contributed by atoms with E-state index in [2.05, 4.69) is 16.0 Å². The fourth-order valence-corrected chi connectivity index (χ4v) is 2.57. The summed E-state index contributed by atoms with van der Waals surface area (Å²) >= 11 is 0. The lowest BCUT2D eigenvalue weighted by atomic mass is 10.1. The van der Waals surface area contributed by atoms with Crippen LogP contribution in [0.15, 0.2) is 53.8 Å². The van der Waals surface area contributed by atoms with Crippen molar-refractivity contribution in [2.24, 2.45) is 12.0 Å². The summed E-state index contributed by atoms with van der Waals surface area (Å²) in [5.41, 5.74) is 4.05. The van der Waals surface area contributed by atoms with Crippen LogP contribution in [0.4, 0.5) is 4.39 Å². The van der Waals surface area contributed by atoms with E-state index >= 15 is 0 Å². The Morgan fingerprint density at radius 3 is 2.95 bits per heavy atom. The summed E-state index contributed by atoms with van der Waals surface area (Å²) in [6, 6.07) is 10.6. The largest absolute Gasteiger partial charge is 0.336 e. The molecule has 1 aromatic rings. The molecule has 0 amide bonds. The van der Waals surface area contributed by atoms with E-state index in [9.17, 15) is 4.39 Å². The van der Waals surface area contributed by atoms with E-state index in [1.807, 2.05) is 43.1 Å². The van der Waals surface area contributed by atoms with Gasteiger partial charge in [0.25, 0.3) is 0 Å². The number of fused-ring (bicyclic) bond motifs is 1. The van der Waals surface area contributed by atoms with Crippen molar-refractivity contribution < 1.29 is 4.39 Å². The number of aromatic nitrogens is 2. The van der Waals surface area contributed by atoms with E-state index in [4.69, 9.17) is 0 Å². The third kappa shape index (κ3) is 2.91. The van der Waals surface area contributed by atoms with Crippen molar-refractivity contribution in [3.8, 4) is 11.4 Å². The Morgan fingerprint density at radius 1 is 1.27 bits per heavy atom. The molecule has 2 heterocycles. The molecule has 3 nitrogen and oxygen atoms in total. The summed E-state index contributed by atoms with van der Waals surface area (Å²) in [5, 5.41) is 0. The predicted octanol–water partition coefficient (Wildman–Crippen LogP) is 3.72. The van der Waals surface area contributed by atoms with Crippen molar-refractivity contribution in [1.82, 2.24) is 9.55 Å². The molecule has 0 aromatic heterocycles. The Balaban J connectivity index is 1.71. The van der Waals surface area contributed by atoms with Gasteiger partial charge in [-0.15, -0.1) is 0 Å². The quantitative estimate of drug-likeness (QED) is 0.675. The molecule has 0 atom stereocenters. The van der Waals surface area contributed by atoms with Gasteiger partial charge in [0, 0.05) is 37.3 Å². The molecule has 0 fully saturated rings. The number of aliphatic imine (C=N–C) groups is 1.